The number of nitrogens with two attached hydrogens (primary N) is 1. The second-order valence-electron chi connectivity index (χ2n) is 7.76. The zero-order valence-electron chi connectivity index (χ0n) is 17.8. The smallest absolute Gasteiger partial charge is 0.303 e. The molecule has 1 unspecified atom stereocenters. The molecule has 1 aromatic heterocycles. The first-order valence-corrected chi connectivity index (χ1v) is 9.70. The van der Waals surface area contributed by atoms with Crippen LogP contribution in [-0.2, 0) is 14.3 Å². The number of benzene rings is 1. The van der Waals surface area contributed by atoms with Gasteiger partial charge in [-0.05, 0) is 58.0 Å². The van der Waals surface area contributed by atoms with Crippen LogP contribution in [0.3, 0.4) is 0 Å². The van der Waals surface area contributed by atoms with Gasteiger partial charge in [0.05, 0.1) is 5.69 Å². The summed E-state index contributed by atoms with van der Waals surface area (Å²) in [7, 11) is 0. The molecule has 1 heterocycles. The molecule has 2 rings (SSSR count). The summed E-state index contributed by atoms with van der Waals surface area (Å²) in [5.41, 5.74) is 6.21. The van der Waals surface area contributed by atoms with Gasteiger partial charge in [-0.25, -0.2) is 4.39 Å². The number of carbonyl (C=O) groups excluding carboxylic acids is 2. The average Bonchev–Trinajstić information content (AvgIpc) is 2.58. The first-order chi connectivity index (χ1) is 13.8. The lowest BCUT2D eigenvalue weighted by Gasteiger charge is -2.18. The van der Waals surface area contributed by atoms with Gasteiger partial charge >= 0.3 is 5.97 Å². The quantitative estimate of drug-likeness (QED) is 0.498. The number of rotatable bonds is 7. The predicted octanol–water partition coefficient (Wildman–Crippen LogP) is 3.98. The van der Waals surface area contributed by atoms with Crippen molar-refractivity contribution in [2.75, 3.05) is 6.61 Å². The van der Waals surface area contributed by atoms with E-state index in [4.69, 9.17) is 27.4 Å². The predicted molar refractivity (Wildman–Crippen MR) is 115 cm³/mol. The molecule has 0 saturated carbocycles. The molecule has 2 aromatic rings. The number of ether oxygens (including phenoxy) is 2. The minimum Gasteiger partial charge on any atom is -0.489 e. The summed E-state index contributed by atoms with van der Waals surface area (Å²) in [5.74, 6) is -0.745. The first-order valence-electron chi connectivity index (χ1n) is 9.29. The van der Waals surface area contributed by atoms with Crippen molar-refractivity contribution in [2.45, 2.75) is 52.7 Å². The molecule has 0 aliphatic carbocycles. The molecule has 0 spiro atoms. The summed E-state index contributed by atoms with van der Waals surface area (Å²) in [5, 5.41) is 6.69. The molecule has 9 heteroatoms. The largest absolute Gasteiger partial charge is 0.489 e. The van der Waals surface area contributed by atoms with Crippen molar-refractivity contribution in [3.63, 3.8) is 0 Å². The van der Waals surface area contributed by atoms with Crippen LogP contribution in [0.5, 0.6) is 5.75 Å². The van der Waals surface area contributed by atoms with Gasteiger partial charge in [0.25, 0.3) is 0 Å². The van der Waals surface area contributed by atoms with Gasteiger partial charge in [0, 0.05) is 24.4 Å². The molecule has 0 aliphatic heterocycles. The van der Waals surface area contributed by atoms with E-state index in [-0.39, 0.29) is 24.3 Å². The zero-order chi connectivity index (χ0) is 22.9. The Morgan fingerprint density at radius 2 is 1.87 bits per heavy atom. The Labute approximate surface area is 180 Å². The van der Waals surface area contributed by atoms with Crippen molar-refractivity contribution in [3.05, 3.63) is 40.8 Å². The number of hydrogen-bond acceptors (Lipinski definition) is 7. The highest BCUT2D eigenvalue weighted by Gasteiger charge is 2.17. The molecular formula is C21H28FN3O4S. The third-order valence-corrected chi connectivity index (χ3v) is 3.40. The summed E-state index contributed by atoms with van der Waals surface area (Å²) >= 11 is 4.94. The molecule has 7 nitrogen and oxygen atoms in total. The fraction of sp³-hybridized carbons (Fsp3) is 0.429. The van der Waals surface area contributed by atoms with Crippen LogP contribution >= 0.6 is 12.2 Å². The molecule has 0 bridgehead atoms. The van der Waals surface area contributed by atoms with Gasteiger partial charge in [0.1, 0.15) is 34.7 Å². The van der Waals surface area contributed by atoms with Gasteiger partial charge < -0.3 is 15.2 Å². The minimum atomic E-state index is -0.720. The lowest BCUT2D eigenvalue weighted by atomic mass is 10.1. The number of aromatic nitrogens is 2. The van der Waals surface area contributed by atoms with Gasteiger partial charge in [0.15, 0.2) is 0 Å². The maximum absolute atomic E-state index is 13.6. The lowest BCUT2D eigenvalue weighted by Crippen LogP contribution is -2.26. The molecule has 1 atom stereocenters. The van der Waals surface area contributed by atoms with Crippen molar-refractivity contribution in [3.8, 4) is 17.0 Å². The normalized spacial score (nSPS) is 11.7. The second-order valence-corrected chi connectivity index (χ2v) is 8.20. The van der Waals surface area contributed by atoms with Crippen molar-refractivity contribution in [1.29, 1.82) is 0 Å². The molecule has 0 saturated heterocycles. The number of hydrogen-bond donors (Lipinski definition) is 2. The maximum Gasteiger partial charge on any atom is 0.303 e. The minimum absolute atomic E-state index is 0. The SMILES string of the molecule is CC(=O)CC(COc1ccc(F)cc1-c1ccc(=S)[nH]n1)OC(C)=O.CC(C)(C)N. The van der Waals surface area contributed by atoms with Gasteiger partial charge in [0.2, 0.25) is 0 Å². The number of nitrogens with zero attached hydrogens (tertiary/aromatic N) is 1. The lowest BCUT2D eigenvalue weighted by molar-refractivity contribution is -0.149. The molecule has 0 amide bonds. The van der Waals surface area contributed by atoms with Crippen LogP contribution in [0.15, 0.2) is 30.3 Å². The number of esters is 1. The van der Waals surface area contributed by atoms with E-state index in [1.165, 1.54) is 32.0 Å². The molecule has 164 valence electrons. The summed E-state index contributed by atoms with van der Waals surface area (Å²) in [6.45, 7) is 8.51. The van der Waals surface area contributed by atoms with Gasteiger partial charge in [-0.15, -0.1) is 0 Å². The molecule has 0 radical (unpaired) electrons. The van der Waals surface area contributed by atoms with E-state index in [0.717, 1.165) is 0 Å². The highest BCUT2D eigenvalue weighted by Crippen LogP contribution is 2.29. The first kappa shape index (κ1) is 25.4. The summed E-state index contributed by atoms with van der Waals surface area (Å²) < 4.78 is 24.8. The Hall–Kier alpha value is -2.65. The molecule has 30 heavy (non-hydrogen) atoms. The van der Waals surface area contributed by atoms with Crippen molar-refractivity contribution < 1.29 is 23.5 Å². The van der Waals surface area contributed by atoms with Crippen molar-refractivity contribution >= 4 is 24.0 Å². The topological polar surface area (TPSA) is 107 Å². The number of ketones is 1. The number of halogens is 1. The van der Waals surface area contributed by atoms with E-state index < -0.39 is 17.9 Å². The Morgan fingerprint density at radius 3 is 2.37 bits per heavy atom. The zero-order valence-corrected chi connectivity index (χ0v) is 18.6. The summed E-state index contributed by atoms with van der Waals surface area (Å²) in [6, 6.07) is 7.24. The molecule has 0 aliphatic rings. The van der Waals surface area contributed by atoms with Crippen molar-refractivity contribution in [2.24, 2.45) is 5.73 Å². The van der Waals surface area contributed by atoms with Crippen LogP contribution < -0.4 is 10.5 Å². The molecular weight excluding hydrogens is 409 g/mol. The summed E-state index contributed by atoms with van der Waals surface area (Å²) in [4.78, 5) is 22.4. The van der Waals surface area contributed by atoms with Crippen LogP contribution in [0.1, 0.15) is 41.0 Å². The van der Waals surface area contributed by atoms with Crippen LogP contribution in [0.4, 0.5) is 4.39 Å². The highest BCUT2D eigenvalue weighted by atomic mass is 32.1. The van der Waals surface area contributed by atoms with Crippen molar-refractivity contribution in [1.82, 2.24) is 10.2 Å². The third-order valence-electron chi connectivity index (χ3n) is 3.17. The van der Waals surface area contributed by atoms with Crippen LogP contribution in [0.25, 0.3) is 11.3 Å². The van der Waals surface area contributed by atoms with Crippen LogP contribution in [0.2, 0.25) is 0 Å². The highest BCUT2D eigenvalue weighted by molar-refractivity contribution is 7.71. The second kappa shape index (κ2) is 11.5. The van der Waals surface area contributed by atoms with E-state index in [9.17, 15) is 14.0 Å². The fourth-order valence-electron chi connectivity index (χ4n) is 2.20. The maximum atomic E-state index is 13.6. The van der Waals surface area contributed by atoms with Gasteiger partial charge in [-0.3, -0.25) is 14.7 Å². The van der Waals surface area contributed by atoms with E-state index in [0.29, 0.717) is 21.6 Å². The van der Waals surface area contributed by atoms with E-state index in [1.54, 1.807) is 12.1 Å². The standard InChI is InChI=1S/C17H17FN2O4S.C4H11N/c1-10(21)7-13(24-11(2)22)9-23-16-5-3-12(18)8-14(16)15-4-6-17(25)20-19-15;1-4(2,3)5/h3-6,8,13H,7,9H2,1-2H3,(H,20,25);5H2,1-3H3. The number of carbonyl (C=O) groups is 2. The summed E-state index contributed by atoms with van der Waals surface area (Å²) in [6.07, 6.45) is -0.685. The van der Waals surface area contributed by atoms with Gasteiger partial charge in [-0.1, -0.05) is 12.2 Å². The Kier molecular flexibility index (Phi) is 9.74. The Bertz CT molecular complexity index is 883. The molecule has 0 fully saturated rings. The third kappa shape index (κ3) is 10.8. The Morgan fingerprint density at radius 1 is 1.23 bits per heavy atom. The van der Waals surface area contributed by atoms with E-state index >= 15 is 0 Å². The fourth-order valence-corrected chi connectivity index (χ4v) is 2.31. The molecule has 1 aromatic carbocycles. The monoisotopic (exact) mass is 437 g/mol. The number of Topliss-reactive ketones (excluding diaryl/α,β-unsaturated/α-hetero) is 1. The number of H-pyrrole nitrogens is 1. The van der Waals surface area contributed by atoms with E-state index in [1.807, 2.05) is 20.8 Å². The molecule has 3 N–H and O–H groups in total. The average molecular weight is 438 g/mol. The van der Waals surface area contributed by atoms with E-state index in [2.05, 4.69) is 10.2 Å². The number of aromatic amines is 1. The van der Waals surface area contributed by atoms with Crippen LogP contribution in [-0.4, -0.2) is 40.2 Å². The number of nitrogens with one attached hydrogen (secondary N) is 1. The van der Waals surface area contributed by atoms with Gasteiger partial charge in [-0.2, -0.15) is 5.10 Å². The van der Waals surface area contributed by atoms with Crippen LogP contribution in [0, 0.1) is 10.5 Å². The Balaban J connectivity index is 0.000000804.